The van der Waals surface area contributed by atoms with Gasteiger partial charge in [-0.15, -0.1) is 0 Å². The molecule has 3 aromatic rings. The van der Waals surface area contributed by atoms with Gasteiger partial charge in [-0.3, -0.25) is 9.59 Å². The molecule has 8 heteroatoms. The molecule has 0 spiro atoms. The summed E-state index contributed by atoms with van der Waals surface area (Å²) in [5, 5.41) is 13.1. The average Bonchev–Trinajstić information content (AvgIpc) is 3.40. The Balaban J connectivity index is 1.50. The van der Waals surface area contributed by atoms with Crippen LogP contribution in [0.15, 0.2) is 71.7 Å². The van der Waals surface area contributed by atoms with Crippen molar-refractivity contribution in [3.05, 3.63) is 93.4 Å². The lowest BCUT2D eigenvalue weighted by Crippen LogP contribution is -2.49. The highest BCUT2D eigenvalue weighted by molar-refractivity contribution is 6.30. The minimum atomic E-state index is -1.08. The van der Waals surface area contributed by atoms with Gasteiger partial charge in [0.05, 0.1) is 17.0 Å². The third-order valence-corrected chi connectivity index (χ3v) is 7.59. The molecule has 1 amide bonds. The summed E-state index contributed by atoms with van der Waals surface area (Å²) in [5.74, 6) is -1.30. The first-order chi connectivity index (χ1) is 18.3. The van der Waals surface area contributed by atoms with Gasteiger partial charge in [-0.05, 0) is 42.0 Å². The van der Waals surface area contributed by atoms with E-state index in [1.54, 1.807) is 48.2 Å². The number of methoxy groups -OCH3 is 1. The van der Waals surface area contributed by atoms with Crippen molar-refractivity contribution in [3.63, 3.8) is 0 Å². The summed E-state index contributed by atoms with van der Waals surface area (Å²) >= 11 is 6.35. The number of hydrogen-bond acceptors (Lipinski definition) is 4. The number of benzene rings is 2. The number of rotatable bonds is 11. The third-order valence-electron chi connectivity index (χ3n) is 7.38. The molecule has 0 saturated heterocycles. The Morgan fingerprint density at radius 2 is 1.76 bits per heavy atom. The number of carbonyl (C=O) groups excluding carboxylic acids is 1. The number of aromatic nitrogens is 1. The van der Waals surface area contributed by atoms with Gasteiger partial charge in [0.15, 0.2) is 0 Å². The van der Waals surface area contributed by atoms with E-state index in [1.165, 1.54) is 0 Å². The Bertz CT molecular complexity index is 1310. The van der Waals surface area contributed by atoms with E-state index in [9.17, 15) is 19.5 Å². The number of amides is 1. The first-order valence-electron chi connectivity index (χ1n) is 12.9. The van der Waals surface area contributed by atoms with E-state index in [0.717, 1.165) is 36.8 Å². The zero-order chi connectivity index (χ0) is 27.1. The topological polar surface area (TPSA) is 97.6 Å². The van der Waals surface area contributed by atoms with Crippen LogP contribution in [0.4, 0.5) is 0 Å². The third kappa shape index (κ3) is 6.52. The zero-order valence-electron chi connectivity index (χ0n) is 21.5. The molecule has 200 valence electrons. The standard InChI is InChI=1S/C30H33ClN2O5/c1-38-16-15-30(13-5-6-14-30)29(37)32-26(28(35)36)17-21-9-11-23(12-10-21)25-18-24(31)20-33(27(25)34)19-22-7-3-2-4-8-22/h2-4,7-12,18,20,26H,5-6,13-17,19H2,1H3,(H,32,37)(H,35,36)/t26-/m0/s1. The van der Waals surface area contributed by atoms with Crippen LogP contribution in [-0.2, 0) is 27.3 Å². The Hall–Kier alpha value is -3.42. The summed E-state index contributed by atoms with van der Waals surface area (Å²) in [5.41, 5.74) is 2.14. The van der Waals surface area contributed by atoms with Gasteiger partial charge < -0.3 is 19.7 Å². The number of pyridine rings is 1. The fourth-order valence-electron chi connectivity index (χ4n) is 5.21. The van der Waals surface area contributed by atoms with Crippen molar-refractivity contribution in [1.82, 2.24) is 9.88 Å². The van der Waals surface area contributed by atoms with Gasteiger partial charge in [0.1, 0.15) is 6.04 Å². The minimum Gasteiger partial charge on any atom is -0.480 e. The monoisotopic (exact) mass is 536 g/mol. The van der Waals surface area contributed by atoms with E-state index in [1.807, 2.05) is 30.3 Å². The van der Waals surface area contributed by atoms with Gasteiger partial charge in [-0.1, -0.05) is 79.0 Å². The summed E-state index contributed by atoms with van der Waals surface area (Å²) in [7, 11) is 1.60. The lowest BCUT2D eigenvalue weighted by atomic mass is 9.81. The predicted molar refractivity (Wildman–Crippen MR) is 147 cm³/mol. The van der Waals surface area contributed by atoms with Gasteiger partial charge in [-0.2, -0.15) is 0 Å². The highest BCUT2D eigenvalue weighted by atomic mass is 35.5. The maximum Gasteiger partial charge on any atom is 0.326 e. The Labute approximate surface area is 227 Å². The Morgan fingerprint density at radius 1 is 1.08 bits per heavy atom. The largest absolute Gasteiger partial charge is 0.480 e. The van der Waals surface area contributed by atoms with Crippen LogP contribution in [0, 0.1) is 5.41 Å². The first-order valence-corrected chi connectivity index (χ1v) is 13.2. The van der Waals surface area contributed by atoms with E-state index in [0.29, 0.717) is 35.7 Å². The number of ether oxygens (including phenoxy) is 1. The molecule has 1 fully saturated rings. The maximum atomic E-state index is 13.2. The van der Waals surface area contributed by atoms with E-state index in [4.69, 9.17) is 16.3 Å². The Morgan fingerprint density at radius 3 is 2.39 bits per heavy atom. The summed E-state index contributed by atoms with van der Waals surface area (Å²) in [4.78, 5) is 38.4. The van der Waals surface area contributed by atoms with Crippen LogP contribution in [0.3, 0.4) is 0 Å². The lowest BCUT2D eigenvalue weighted by Gasteiger charge is -2.29. The second kappa shape index (κ2) is 12.4. The minimum absolute atomic E-state index is 0.134. The van der Waals surface area contributed by atoms with Crippen LogP contribution in [0.2, 0.25) is 5.02 Å². The number of carboxylic acid groups (broad SMARTS) is 1. The molecule has 0 bridgehead atoms. The van der Waals surface area contributed by atoms with Gasteiger partial charge in [0.25, 0.3) is 5.56 Å². The normalized spacial score (nSPS) is 15.2. The number of nitrogens with one attached hydrogen (secondary N) is 1. The van der Waals surface area contributed by atoms with E-state index in [-0.39, 0.29) is 17.9 Å². The van der Waals surface area contributed by atoms with E-state index in [2.05, 4.69) is 5.32 Å². The van der Waals surface area contributed by atoms with Gasteiger partial charge in [0, 0.05) is 31.9 Å². The van der Waals surface area contributed by atoms with Crippen molar-refractivity contribution in [1.29, 1.82) is 0 Å². The molecule has 7 nitrogen and oxygen atoms in total. The lowest BCUT2D eigenvalue weighted by molar-refractivity contribution is -0.144. The number of nitrogens with zero attached hydrogens (tertiary/aromatic N) is 1. The molecule has 1 heterocycles. The number of carbonyl (C=O) groups is 2. The molecule has 2 aromatic carbocycles. The second-order valence-electron chi connectivity index (χ2n) is 9.99. The summed E-state index contributed by atoms with van der Waals surface area (Å²) < 4.78 is 6.78. The quantitative estimate of drug-likeness (QED) is 0.362. The van der Waals surface area contributed by atoms with Crippen LogP contribution < -0.4 is 10.9 Å². The van der Waals surface area contributed by atoms with Gasteiger partial charge in [0.2, 0.25) is 5.91 Å². The number of halogens is 1. The van der Waals surface area contributed by atoms with Crippen molar-refractivity contribution in [2.75, 3.05) is 13.7 Å². The van der Waals surface area contributed by atoms with Crippen LogP contribution >= 0.6 is 11.6 Å². The molecular formula is C30H33ClN2O5. The summed E-state index contributed by atoms with van der Waals surface area (Å²) in [6.45, 7) is 0.861. The van der Waals surface area contributed by atoms with Crippen LogP contribution in [0.5, 0.6) is 0 Å². The van der Waals surface area contributed by atoms with E-state index < -0.39 is 17.4 Å². The molecular weight excluding hydrogens is 504 g/mol. The summed E-state index contributed by atoms with van der Waals surface area (Å²) in [6, 6.07) is 17.4. The molecule has 1 atom stereocenters. The highest BCUT2D eigenvalue weighted by Crippen LogP contribution is 2.41. The van der Waals surface area contributed by atoms with Crippen molar-refractivity contribution in [3.8, 4) is 11.1 Å². The molecule has 1 aromatic heterocycles. The molecule has 38 heavy (non-hydrogen) atoms. The maximum absolute atomic E-state index is 13.2. The van der Waals surface area contributed by atoms with Crippen molar-refractivity contribution < 1.29 is 19.4 Å². The highest BCUT2D eigenvalue weighted by Gasteiger charge is 2.42. The molecule has 0 aliphatic heterocycles. The van der Waals surface area contributed by atoms with Crippen LogP contribution in [-0.4, -0.2) is 41.3 Å². The van der Waals surface area contributed by atoms with Crippen LogP contribution in [0.1, 0.15) is 43.2 Å². The van der Waals surface area contributed by atoms with Crippen molar-refractivity contribution >= 4 is 23.5 Å². The van der Waals surface area contributed by atoms with Gasteiger partial charge in [-0.25, -0.2) is 4.79 Å². The molecule has 4 rings (SSSR count). The molecule has 0 radical (unpaired) electrons. The fourth-order valence-corrected chi connectivity index (χ4v) is 5.44. The number of aliphatic carboxylic acids is 1. The molecule has 0 unspecified atom stereocenters. The second-order valence-corrected chi connectivity index (χ2v) is 10.4. The predicted octanol–water partition coefficient (Wildman–Crippen LogP) is 4.93. The zero-order valence-corrected chi connectivity index (χ0v) is 22.2. The molecule has 1 aliphatic carbocycles. The SMILES string of the molecule is COCCC1(C(=O)N[C@@H](Cc2ccc(-c3cc(Cl)cn(Cc4ccccc4)c3=O)cc2)C(=O)O)CCCC1. The fraction of sp³-hybridized carbons (Fsp3) is 0.367. The van der Waals surface area contributed by atoms with E-state index >= 15 is 0 Å². The Kier molecular flexibility index (Phi) is 9.02. The van der Waals surface area contributed by atoms with Crippen molar-refractivity contribution in [2.24, 2.45) is 5.41 Å². The first kappa shape index (κ1) is 27.6. The average molecular weight is 537 g/mol. The van der Waals surface area contributed by atoms with Gasteiger partial charge >= 0.3 is 5.97 Å². The number of hydrogen-bond donors (Lipinski definition) is 2. The molecule has 1 saturated carbocycles. The number of carboxylic acids is 1. The van der Waals surface area contributed by atoms with Crippen LogP contribution in [0.25, 0.3) is 11.1 Å². The summed E-state index contributed by atoms with van der Waals surface area (Å²) in [6.07, 6.45) is 5.72. The van der Waals surface area contributed by atoms with Crippen molar-refractivity contribution in [2.45, 2.75) is 51.1 Å². The molecule has 1 aliphatic rings. The smallest absolute Gasteiger partial charge is 0.326 e. The molecule has 2 N–H and O–H groups in total.